The van der Waals surface area contributed by atoms with Gasteiger partial charge < -0.3 is 9.80 Å². The minimum Gasteiger partial charge on any atom is -0.354 e. The Morgan fingerprint density at radius 2 is 2.00 bits per heavy atom. The number of likely N-dealkylation sites (N-methyl/N-ethyl adjacent to an activating group) is 1. The Morgan fingerprint density at radius 3 is 2.62 bits per heavy atom. The molecule has 5 heteroatoms. The molecule has 1 fully saturated rings. The molecule has 0 radical (unpaired) electrons. The van der Waals surface area contributed by atoms with Crippen LogP contribution in [0.2, 0.25) is 0 Å². The lowest BCUT2D eigenvalue weighted by Crippen LogP contribution is -2.47. The molecule has 1 aromatic rings. The summed E-state index contributed by atoms with van der Waals surface area (Å²) >= 11 is 3.38. The van der Waals surface area contributed by atoms with Crippen LogP contribution >= 0.6 is 15.9 Å². The van der Waals surface area contributed by atoms with Crippen molar-refractivity contribution < 1.29 is 0 Å². The summed E-state index contributed by atoms with van der Waals surface area (Å²) in [5.41, 5.74) is 0.874. The van der Waals surface area contributed by atoms with Gasteiger partial charge >= 0.3 is 0 Å². The zero-order valence-electron chi connectivity index (χ0n) is 9.28. The Kier molecular flexibility index (Phi) is 3.56. The van der Waals surface area contributed by atoms with E-state index in [-0.39, 0.29) is 0 Å². The Hall–Kier alpha value is -0.940. The monoisotopic (exact) mass is 282 g/mol. The van der Waals surface area contributed by atoms with Crippen molar-refractivity contribution in [1.29, 1.82) is 5.41 Å². The first-order chi connectivity index (χ1) is 7.66. The van der Waals surface area contributed by atoms with Gasteiger partial charge in [-0.15, -0.1) is 0 Å². The zero-order valence-corrected chi connectivity index (χ0v) is 10.9. The summed E-state index contributed by atoms with van der Waals surface area (Å²) in [6.07, 6.45) is 3.48. The quantitative estimate of drug-likeness (QED) is 0.626. The Bertz CT molecular complexity index is 385. The Labute approximate surface area is 104 Å². The van der Waals surface area contributed by atoms with Crippen LogP contribution in [-0.2, 0) is 0 Å². The van der Waals surface area contributed by atoms with Gasteiger partial charge in [0.2, 0.25) is 0 Å². The predicted octanol–water partition coefficient (Wildman–Crippen LogP) is 1.42. The molecule has 0 atom stereocenters. The molecule has 1 aromatic heterocycles. The number of nitrogens with zero attached hydrogens (tertiary/aromatic N) is 3. The third-order valence-electron chi connectivity index (χ3n) is 2.80. The highest BCUT2D eigenvalue weighted by atomic mass is 79.9. The number of piperazine rings is 1. The second-order valence-electron chi connectivity index (χ2n) is 4.03. The molecule has 0 aliphatic carbocycles. The highest BCUT2D eigenvalue weighted by Gasteiger charge is 2.17. The van der Waals surface area contributed by atoms with Crippen molar-refractivity contribution in [1.82, 2.24) is 14.8 Å². The minimum atomic E-state index is 0.571. The molecule has 0 bridgehead atoms. The first-order valence-electron chi connectivity index (χ1n) is 5.30. The average Bonchev–Trinajstić information content (AvgIpc) is 2.29. The van der Waals surface area contributed by atoms with Crippen LogP contribution < -0.4 is 0 Å². The fourth-order valence-electron chi connectivity index (χ4n) is 1.75. The smallest absolute Gasteiger partial charge is 0.129 e. The van der Waals surface area contributed by atoms with Crippen LogP contribution in [0.5, 0.6) is 0 Å². The number of aromatic nitrogens is 1. The Morgan fingerprint density at radius 1 is 1.31 bits per heavy atom. The summed E-state index contributed by atoms with van der Waals surface area (Å²) in [7, 11) is 2.11. The van der Waals surface area contributed by atoms with Gasteiger partial charge in [0.25, 0.3) is 0 Å². The molecule has 1 aliphatic rings. The van der Waals surface area contributed by atoms with Crippen LogP contribution in [0.4, 0.5) is 0 Å². The summed E-state index contributed by atoms with van der Waals surface area (Å²) in [5, 5.41) is 8.13. The van der Waals surface area contributed by atoms with Gasteiger partial charge in [-0.2, -0.15) is 0 Å². The zero-order chi connectivity index (χ0) is 11.5. The van der Waals surface area contributed by atoms with Crippen molar-refractivity contribution in [3.63, 3.8) is 0 Å². The van der Waals surface area contributed by atoms with Crippen LogP contribution in [0.3, 0.4) is 0 Å². The van der Waals surface area contributed by atoms with E-state index >= 15 is 0 Å². The number of hydrogen-bond acceptors (Lipinski definition) is 3. The van der Waals surface area contributed by atoms with Crippen molar-refractivity contribution in [3.8, 4) is 0 Å². The molecule has 0 saturated carbocycles. The molecule has 16 heavy (non-hydrogen) atoms. The van der Waals surface area contributed by atoms with Crippen LogP contribution in [0.15, 0.2) is 22.9 Å². The van der Waals surface area contributed by atoms with Gasteiger partial charge in [-0.25, -0.2) is 0 Å². The van der Waals surface area contributed by atoms with Crippen molar-refractivity contribution in [2.75, 3.05) is 33.2 Å². The van der Waals surface area contributed by atoms with Gasteiger partial charge in [-0.05, 0) is 29.0 Å². The van der Waals surface area contributed by atoms with Crippen LogP contribution in [0.25, 0.3) is 0 Å². The van der Waals surface area contributed by atoms with E-state index in [1.165, 1.54) is 0 Å². The van der Waals surface area contributed by atoms with E-state index in [1.54, 1.807) is 12.4 Å². The third kappa shape index (κ3) is 2.59. The number of hydrogen-bond donors (Lipinski definition) is 1. The van der Waals surface area contributed by atoms with E-state index in [4.69, 9.17) is 5.41 Å². The molecule has 1 N–H and O–H groups in total. The number of halogens is 1. The highest BCUT2D eigenvalue weighted by Crippen LogP contribution is 2.12. The second-order valence-corrected chi connectivity index (χ2v) is 4.95. The Balaban J connectivity index is 2.08. The van der Waals surface area contributed by atoms with Gasteiger partial charge in [0, 0.05) is 48.6 Å². The lowest BCUT2D eigenvalue weighted by Gasteiger charge is -2.34. The van der Waals surface area contributed by atoms with E-state index in [2.05, 4.69) is 37.8 Å². The lowest BCUT2D eigenvalue weighted by atomic mass is 10.2. The van der Waals surface area contributed by atoms with Crippen molar-refractivity contribution in [2.45, 2.75) is 0 Å². The van der Waals surface area contributed by atoms with Gasteiger partial charge in [0.05, 0.1) is 0 Å². The van der Waals surface area contributed by atoms with Gasteiger partial charge in [0.1, 0.15) is 5.84 Å². The molecule has 0 aromatic carbocycles. The van der Waals surface area contributed by atoms with Crippen molar-refractivity contribution in [3.05, 3.63) is 28.5 Å². The topological polar surface area (TPSA) is 43.2 Å². The van der Waals surface area contributed by atoms with Crippen LogP contribution in [-0.4, -0.2) is 53.8 Å². The third-order valence-corrected chi connectivity index (χ3v) is 3.23. The molecule has 0 unspecified atom stereocenters. The molecule has 1 aliphatic heterocycles. The summed E-state index contributed by atoms with van der Waals surface area (Å²) in [6.45, 7) is 3.87. The fourth-order valence-corrected chi connectivity index (χ4v) is 2.12. The van der Waals surface area contributed by atoms with E-state index < -0.39 is 0 Å². The lowest BCUT2D eigenvalue weighted by molar-refractivity contribution is 0.215. The predicted molar refractivity (Wildman–Crippen MR) is 67.8 cm³/mol. The molecule has 4 nitrogen and oxygen atoms in total. The molecule has 1 saturated heterocycles. The van der Waals surface area contributed by atoms with Gasteiger partial charge in [-0.1, -0.05) is 0 Å². The van der Waals surface area contributed by atoms with Gasteiger partial charge in [-0.3, -0.25) is 10.4 Å². The number of pyridine rings is 1. The maximum absolute atomic E-state index is 8.13. The first-order valence-corrected chi connectivity index (χ1v) is 6.09. The van der Waals surface area contributed by atoms with Crippen LogP contribution in [0.1, 0.15) is 5.56 Å². The van der Waals surface area contributed by atoms with E-state index in [0.29, 0.717) is 5.84 Å². The summed E-state index contributed by atoms with van der Waals surface area (Å²) in [6, 6.07) is 1.94. The molecule has 0 amide bonds. The summed E-state index contributed by atoms with van der Waals surface area (Å²) in [4.78, 5) is 8.47. The molecule has 0 spiro atoms. The van der Waals surface area contributed by atoms with Crippen molar-refractivity contribution >= 4 is 21.8 Å². The summed E-state index contributed by atoms with van der Waals surface area (Å²) in [5.74, 6) is 0.571. The molecule has 2 rings (SSSR count). The SMILES string of the molecule is CN1CCN(C(=N)c2cncc(Br)c2)CC1. The van der Waals surface area contributed by atoms with Crippen LogP contribution in [0, 0.1) is 5.41 Å². The molecular formula is C11H15BrN4. The van der Waals surface area contributed by atoms with E-state index in [1.807, 2.05) is 6.07 Å². The number of nitrogens with one attached hydrogen (secondary N) is 1. The maximum atomic E-state index is 8.13. The normalized spacial score (nSPS) is 17.5. The minimum absolute atomic E-state index is 0.571. The fraction of sp³-hybridized carbons (Fsp3) is 0.455. The highest BCUT2D eigenvalue weighted by molar-refractivity contribution is 9.10. The van der Waals surface area contributed by atoms with Gasteiger partial charge in [0.15, 0.2) is 0 Å². The van der Waals surface area contributed by atoms with E-state index in [0.717, 1.165) is 36.2 Å². The summed E-state index contributed by atoms with van der Waals surface area (Å²) < 4.78 is 0.920. The molecule has 86 valence electrons. The number of amidine groups is 1. The largest absolute Gasteiger partial charge is 0.354 e. The average molecular weight is 283 g/mol. The van der Waals surface area contributed by atoms with E-state index in [9.17, 15) is 0 Å². The molecular weight excluding hydrogens is 268 g/mol. The first kappa shape index (κ1) is 11.5. The number of rotatable bonds is 1. The standard InChI is InChI=1S/C11H15BrN4/c1-15-2-4-16(5-3-15)11(13)9-6-10(12)8-14-7-9/h6-8,13H,2-5H2,1H3. The maximum Gasteiger partial charge on any atom is 0.129 e. The second kappa shape index (κ2) is 4.93. The molecule has 2 heterocycles. The van der Waals surface area contributed by atoms with Crippen molar-refractivity contribution in [2.24, 2.45) is 0 Å².